The molecule has 0 aliphatic carbocycles. The lowest BCUT2D eigenvalue weighted by atomic mass is 10.3. The molecule has 1 unspecified atom stereocenters. The fraction of sp³-hybridized carbons (Fsp3) is 0.727. The van der Waals surface area contributed by atoms with Gasteiger partial charge in [-0.25, -0.2) is 13.4 Å². The molecule has 98 valence electrons. The average molecular weight is 276 g/mol. The van der Waals surface area contributed by atoms with Crippen LogP contribution < -0.4 is 5.32 Å². The Morgan fingerprint density at radius 2 is 2.24 bits per heavy atom. The van der Waals surface area contributed by atoms with Crippen molar-refractivity contribution in [3.63, 3.8) is 0 Å². The monoisotopic (exact) mass is 276 g/mol. The minimum Gasteiger partial charge on any atom is -0.313 e. The highest BCUT2D eigenvalue weighted by Gasteiger charge is 2.12. The predicted molar refractivity (Wildman–Crippen MR) is 72.3 cm³/mol. The Morgan fingerprint density at radius 1 is 1.53 bits per heavy atom. The number of aryl methyl sites for hydroxylation is 1. The molecule has 0 aliphatic heterocycles. The molecule has 0 bridgehead atoms. The van der Waals surface area contributed by atoms with Crippen molar-refractivity contribution < 1.29 is 8.42 Å². The van der Waals surface area contributed by atoms with Crippen LogP contribution in [0.1, 0.15) is 24.5 Å². The highest BCUT2D eigenvalue weighted by atomic mass is 32.2. The Morgan fingerprint density at radius 3 is 2.76 bits per heavy atom. The lowest BCUT2D eigenvalue weighted by molar-refractivity contribution is 0.558. The van der Waals surface area contributed by atoms with Gasteiger partial charge >= 0.3 is 0 Å². The van der Waals surface area contributed by atoms with Crippen molar-refractivity contribution in [1.29, 1.82) is 0 Å². The first-order valence-corrected chi connectivity index (χ1v) is 8.48. The molecular weight excluding hydrogens is 256 g/mol. The standard InChI is InChI=1S/C11H20N2O2S2/c1-4-17(14,15)8-10(3)12-6-5-11-13-9(2)7-16-11/h7,10,12H,4-6,8H2,1-3H3. The number of nitrogens with zero attached hydrogens (tertiary/aromatic N) is 1. The SMILES string of the molecule is CCS(=O)(=O)CC(C)NCCc1nc(C)cs1. The molecule has 4 nitrogen and oxygen atoms in total. The normalized spacial score (nSPS) is 13.8. The maximum Gasteiger partial charge on any atom is 0.151 e. The Bertz CT molecular complexity index is 440. The summed E-state index contributed by atoms with van der Waals surface area (Å²) >= 11 is 1.65. The molecule has 0 amide bonds. The number of rotatable bonds is 7. The third-order valence-electron chi connectivity index (χ3n) is 2.44. The second kappa shape index (κ2) is 6.47. The first-order chi connectivity index (χ1) is 7.93. The fourth-order valence-corrected chi connectivity index (χ4v) is 3.39. The van der Waals surface area contributed by atoms with E-state index in [1.54, 1.807) is 18.3 Å². The van der Waals surface area contributed by atoms with Gasteiger partial charge < -0.3 is 5.32 Å². The number of aromatic nitrogens is 1. The van der Waals surface area contributed by atoms with Crippen LogP contribution in [-0.2, 0) is 16.3 Å². The van der Waals surface area contributed by atoms with E-state index in [4.69, 9.17) is 0 Å². The molecule has 1 atom stereocenters. The first-order valence-electron chi connectivity index (χ1n) is 5.77. The maximum absolute atomic E-state index is 11.4. The van der Waals surface area contributed by atoms with Crippen molar-refractivity contribution >= 4 is 21.2 Å². The minimum atomic E-state index is -2.89. The number of nitrogens with one attached hydrogen (secondary N) is 1. The van der Waals surface area contributed by atoms with Crippen molar-refractivity contribution in [2.75, 3.05) is 18.1 Å². The average Bonchev–Trinajstić information content (AvgIpc) is 2.63. The molecule has 0 radical (unpaired) electrons. The van der Waals surface area contributed by atoms with Crippen molar-refractivity contribution in [2.24, 2.45) is 0 Å². The Balaban J connectivity index is 2.27. The van der Waals surface area contributed by atoms with Gasteiger partial charge in [0.1, 0.15) is 0 Å². The molecule has 1 heterocycles. The number of sulfone groups is 1. The first kappa shape index (κ1) is 14.6. The van der Waals surface area contributed by atoms with Gasteiger partial charge in [-0.1, -0.05) is 6.92 Å². The third kappa shape index (κ3) is 5.61. The topological polar surface area (TPSA) is 59.1 Å². The van der Waals surface area contributed by atoms with Gasteiger partial charge in [0.25, 0.3) is 0 Å². The quantitative estimate of drug-likeness (QED) is 0.818. The van der Waals surface area contributed by atoms with Crippen LogP contribution >= 0.6 is 11.3 Å². The zero-order valence-corrected chi connectivity index (χ0v) is 12.2. The van der Waals surface area contributed by atoms with Gasteiger partial charge in [0, 0.05) is 35.8 Å². The second-order valence-corrected chi connectivity index (χ2v) is 7.53. The van der Waals surface area contributed by atoms with E-state index in [1.165, 1.54) is 0 Å². The molecule has 0 fully saturated rings. The van der Waals surface area contributed by atoms with Crippen molar-refractivity contribution in [3.8, 4) is 0 Å². The summed E-state index contributed by atoms with van der Waals surface area (Å²) in [6.07, 6.45) is 0.856. The van der Waals surface area contributed by atoms with E-state index in [1.807, 2.05) is 19.2 Å². The van der Waals surface area contributed by atoms with Crippen LogP contribution in [0.3, 0.4) is 0 Å². The Kier molecular flexibility index (Phi) is 5.55. The van der Waals surface area contributed by atoms with Gasteiger partial charge in [0.15, 0.2) is 9.84 Å². The van der Waals surface area contributed by atoms with E-state index in [2.05, 4.69) is 10.3 Å². The summed E-state index contributed by atoms with van der Waals surface area (Å²) in [6.45, 7) is 6.33. The smallest absolute Gasteiger partial charge is 0.151 e. The highest BCUT2D eigenvalue weighted by molar-refractivity contribution is 7.91. The molecular formula is C11H20N2O2S2. The third-order valence-corrected chi connectivity index (χ3v) is 5.36. The lowest BCUT2D eigenvalue weighted by Gasteiger charge is -2.12. The van der Waals surface area contributed by atoms with Gasteiger partial charge in [0.05, 0.1) is 10.8 Å². The Hall–Kier alpha value is -0.460. The predicted octanol–water partition coefficient (Wildman–Crippen LogP) is 1.41. The zero-order chi connectivity index (χ0) is 12.9. The molecule has 1 N–H and O–H groups in total. The zero-order valence-electron chi connectivity index (χ0n) is 10.6. The number of hydrogen-bond acceptors (Lipinski definition) is 5. The molecule has 0 aliphatic rings. The molecule has 0 saturated heterocycles. The Labute approximate surface area is 107 Å². The second-order valence-electron chi connectivity index (χ2n) is 4.19. The molecule has 17 heavy (non-hydrogen) atoms. The van der Waals surface area contributed by atoms with Crippen LogP contribution in [0.2, 0.25) is 0 Å². The summed E-state index contributed by atoms with van der Waals surface area (Å²) in [5.74, 6) is 0.422. The summed E-state index contributed by atoms with van der Waals surface area (Å²) < 4.78 is 22.8. The summed E-state index contributed by atoms with van der Waals surface area (Å²) in [6, 6.07) is 0.000934. The number of hydrogen-bond donors (Lipinski definition) is 1. The van der Waals surface area contributed by atoms with Gasteiger partial charge in [-0.15, -0.1) is 11.3 Å². The van der Waals surface area contributed by atoms with E-state index in [0.29, 0.717) is 0 Å². The van der Waals surface area contributed by atoms with E-state index >= 15 is 0 Å². The van der Waals surface area contributed by atoms with E-state index in [-0.39, 0.29) is 17.5 Å². The van der Waals surface area contributed by atoms with Crippen LogP contribution in [0.15, 0.2) is 5.38 Å². The summed E-state index contributed by atoms with van der Waals surface area (Å²) in [4.78, 5) is 4.36. The van der Waals surface area contributed by atoms with Gasteiger partial charge in [-0.2, -0.15) is 0 Å². The van der Waals surface area contributed by atoms with Crippen LogP contribution in [-0.4, -0.2) is 37.5 Å². The molecule has 1 aromatic rings. The lowest BCUT2D eigenvalue weighted by Crippen LogP contribution is -2.34. The van der Waals surface area contributed by atoms with Crippen LogP contribution in [0.4, 0.5) is 0 Å². The fourth-order valence-electron chi connectivity index (χ4n) is 1.50. The van der Waals surface area contributed by atoms with Crippen molar-refractivity contribution in [1.82, 2.24) is 10.3 Å². The molecule has 1 aromatic heterocycles. The van der Waals surface area contributed by atoms with Gasteiger partial charge in [0.2, 0.25) is 0 Å². The van der Waals surface area contributed by atoms with E-state index in [0.717, 1.165) is 23.7 Å². The molecule has 1 rings (SSSR count). The van der Waals surface area contributed by atoms with Crippen LogP contribution in [0.25, 0.3) is 0 Å². The summed E-state index contributed by atoms with van der Waals surface area (Å²) in [5.41, 5.74) is 1.05. The van der Waals surface area contributed by atoms with E-state index < -0.39 is 9.84 Å². The number of thiazole rings is 1. The molecule has 0 saturated carbocycles. The summed E-state index contributed by atoms with van der Waals surface area (Å²) in [7, 11) is -2.89. The van der Waals surface area contributed by atoms with Crippen molar-refractivity contribution in [2.45, 2.75) is 33.2 Å². The minimum absolute atomic E-state index is 0.000934. The van der Waals surface area contributed by atoms with Crippen LogP contribution in [0.5, 0.6) is 0 Å². The largest absolute Gasteiger partial charge is 0.313 e. The van der Waals surface area contributed by atoms with Gasteiger partial charge in [-0.3, -0.25) is 0 Å². The van der Waals surface area contributed by atoms with Crippen molar-refractivity contribution in [3.05, 3.63) is 16.1 Å². The molecule has 0 spiro atoms. The molecule has 6 heteroatoms. The molecule has 0 aromatic carbocycles. The summed E-state index contributed by atoms with van der Waals surface area (Å²) in [5, 5.41) is 6.34. The van der Waals surface area contributed by atoms with E-state index in [9.17, 15) is 8.42 Å². The van der Waals surface area contributed by atoms with Crippen LogP contribution in [0, 0.1) is 6.92 Å². The van der Waals surface area contributed by atoms with Gasteiger partial charge in [-0.05, 0) is 13.8 Å². The maximum atomic E-state index is 11.4. The highest BCUT2D eigenvalue weighted by Crippen LogP contribution is 2.08.